The van der Waals surface area contributed by atoms with Gasteiger partial charge >= 0.3 is 0 Å². The molecule has 0 aliphatic carbocycles. The molecule has 0 bridgehead atoms. The molecule has 0 amide bonds. The number of benzene rings is 2. The minimum absolute atomic E-state index is 0.264. The Labute approximate surface area is 127 Å². The minimum atomic E-state index is 0.264. The number of hydrogen-bond donors (Lipinski definition) is 0. The van der Waals surface area contributed by atoms with Gasteiger partial charge in [-0.2, -0.15) is 5.26 Å². The molecule has 3 rings (SSSR count). The Morgan fingerprint density at radius 3 is 2.76 bits per heavy atom. The summed E-state index contributed by atoms with van der Waals surface area (Å²) in [5.74, 6) is 1.50. The summed E-state index contributed by atoms with van der Waals surface area (Å²) in [5, 5.41) is 9.33. The third kappa shape index (κ3) is 3.10. The Hall–Kier alpha value is -2.22. The Bertz CT molecular complexity index is 709. The van der Waals surface area contributed by atoms with E-state index in [-0.39, 0.29) is 6.79 Å². The number of hydrogen-bond acceptors (Lipinski definition) is 4. The Morgan fingerprint density at radius 2 is 1.95 bits per heavy atom. The minimum Gasteiger partial charge on any atom is -0.454 e. The van der Waals surface area contributed by atoms with Gasteiger partial charge in [-0.15, -0.1) is 0 Å². The van der Waals surface area contributed by atoms with Crippen molar-refractivity contribution < 1.29 is 14.2 Å². The highest BCUT2D eigenvalue weighted by molar-refractivity contribution is 6.31. The van der Waals surface area contributed by atoms with E-state index in [4.69, 9.17) is 31.1 Å². The number of ether oxygens (including phenoxy) is 3. The van der Waals surface area contributed by atoms with E-state index in [1.807, 2.05) is 24.3 Å². The molecule has 0 saturated heterocycles. The van der Waals surface area contributed by atoms with Gasteiger partial charge in [0.15, 0.2) is 11.5 Å². The molecule has 4 nitrogen and oxygen atoms in total. The predicted molar refractivity (Wildman–Crippen MR) is 77.2 cm³/mol. The number of halogens is 1. The van der Waals surface area contributed by atoms with E-state index in [9.17, 15) is 0 Å². The lowest BCUT2D eigenvalue weighted by molar-refractivity contribution is 0.107. The summed E-state index contributed by atoms with van der Waals surface area (Å²) in [6, 6.07) is 12.9. The van der Waals surface area contributed by atoms with Crippen molar-refractivity contribution in [3.05, 3.63) is 58.1 Å². The maximum Gasteiger partial charge on any atom is 0.231 e. The topological polar surface area (TPSA) is 51.5 Å². The molecule has 2 aromatic carbocycles. The van der Waals surface area contributed by atoms with Crippen LogP contribution in [0, 0.1) is 11.3 Å². The van der Waals surface area contributed by atoms with Crippen molar-refractivity contribution in [3.8, 4) is 17.6 Å². The standard InChI is InChI=1S/C16H12ClNO3/c17-14-5-11(7-18)1-3-13(14)9-19-8-12-2-4-15-16(6-12)21-10-20-15/h1-6H,8-10H2. The Kier molecular flexibility index (Phi) is 3.96. The fraction of sp³-hybridized carbons (Fsp3) is 0.188. The normalized spacial score (nSPS) is 12.2. The molecular formula is C16H12ClNO3. The van der Waals surface area contributed by atoms with Crippen molar-refractivity contribution in [2.75, 3.05) is 6.79 Å². The van der Waals surface area contributed by atoms with Gasteiger partial charge in [0.25, 0.3) is 0 Å². The first-order chi connectivity index (χ1) is 10.3. The first-order valence-electron chi connectivity index (χ1n) is 6.41. The van der Waals surface area contributed by atoms with Gasteiger partial charge in [-0.25, -0.2) is 0 Å². The van der Waals surface area contributed by atoms with Gasteiger partial charge in [0, 0.05) is 5.02 Å². The summed E-state index contributed by atoms with van der Waals surface area (Å²) in [5.41, 5.74) is 2.40. The summed E-state index contributed by atoms with van der Waals surface area (Å²) in [6.07, 6.45) is 0. The van der Waals surface area contributed by atoms with E-state index in [0.29, 0.717) is 23.8 Å². The second-order valence-corrected chi connectivity index (χ2v) is 5.01. The van der Waals surface area contributed by atoms with E-state index in [1.54, 1.807) is 18.2 Å². The van der Waals surface area contributed by atoms with Gasteiger partial charge < -0.3 is 14.2 Å². The molecule has 21 heavy (non-hydrogen) atoms. The highest BCUT2D eigenvalue weighted by Crippen LogP contribution is 2.32. The molecule has 5 heteroatoms. The zero-order valence-corrected chi connectivity index (χ0v) is 11.9. The summed E-state index contributed by atoms with van der Waals surface area (Å²) in [4.78, 5) is 0. The van der Waals surface area contributed by atoms with Crippen molar-refractivity contribution in [1.29, 1.82) is 5.26 Å². The van der Waals surface area contributed by atoms with Crippen LogP contribution in [0.15, 0.2) is 36.4 Å². The van der Waals surface area contributed by atoms with Crippen LogP contribution in [-0.2, 0) is 18.0 Å². The van der Waals surface area contributed by atoms with Gasteiger partial charge in [0.2, 0.25) is 6.79 Å². The van der Waals surface area contributed by atoms with E-state index >= 15 is 0 Å². The average Bonchev–Trinajstić information content (AvgIpc) is 2.96. The molecule has 0 unspecified atom stereocenters. The smallest absolute Gasteiger partial charge is 0.231 e. The third-order valence-electron chi connectivity index (χ3n) is 3.15. The molecule has 0 atom stereocenters. The first-order valence-corrected chi connectivity index (χ1v) is 6.79. The lowest BCUT2D eigenvalue weighted by atomic mass is 10.1. The highest BCUT2D eigenvalue weighted by atomic mass is 35.5. The molecule has 0 spiro atoms. The maximum atomic E-state index is 8.79. The zero-order chi connectivity index (χ0) is 14.7. The number of nitriles is 1. The second kappa shape index (κ2) is 6.04. The van der Waals surface area contributed by atoms with Crippen molar-refractivity contribution >= 4 is 11.6 Å². The van der Waals surface area contributed by atoms with Crippen LogP contribution >= 0.6 is 11.6 Å². The Morgan fingerprint density at radius 1 is 1.10 bits per heavy atom. The third-order valence-corrected chi connectivity index (χ3v) is 3.50. The fourth-order valence-electron chi connectivity index (χ4n) is 2.04. The van der Waals surface area contributed by atoms with Crippen LogP contribution in [0.5, 0.6) is 11.5 Å². The van der Waals surface area contributed by atoms with Crippen LogP contribution in [-0.4, -0.2) is 6.79 Å². The van der Waals surface area contributed by atoms with E-state index in [1.165, 1.54) is 0 Å². The second-order valence-electron chi connectivity index (χ2n) is 4.60. The molecule has 1 heterocycles. The van der Waals surface area contributed by atoms with Gasteiger partial charge in [-0.1, -0.05) is 23.7 Å². The SMILES string of the molecule is N#Cc1ccc(COCc2ccc3c(c2)OCO3)c(Cl)c1. The van der Waals surface area contributed by atoms with Gasteiger partial charge in [0.1, 0.15) is 0 Å². The average molecular weight is 302 g/mol. The first kappa shape index (κ1) is 13.7. The van der Waals surface area contributed by atoms with Crippen LogP contribution in [0.1, 0.15) is 16.7 Å². The molecule has 0 saturated carbocycles. The monoisotopic (exact) mass is 301 g/mol. The molecule has 0 N–H and O–H groups in total. The van der Waals surface area contributed by atoms with Crippen molar-refractivity contribution in [2.24, 2.45) is 0 Å². The number of rotatable bonds is 4. The van der Waals surface area contributed by atoms with Crippen LogP contribution in [0.3, 0.4) is 0 Å². The van der Waals surface area contributed by atoms with Crippen molar-refractivity contribution in [2.45, 2.75) is 13.2 Å². The van der Waals surface area contributed by atoms with E-state index in [0.717, 1.165) is 22.6 Å². The predicted octanol–water partition coefficient (Wildman–Crippen LogP) is 3.66. The molecule has 0 fully saturated rings. The van der Waals surface area contributed by atoms with Crippen LogP contribution in [0.2, 0.25) is 5.02 Å². The van der Waals surface area contributed by atoms with Gasteiger partial charge in [0.05, 0.1) is 24.8 Å². The molecule has 1 aliphatic heterocycles. The summed E-state index contributed by atoms with van der Waals surface area (Å²) >= 11 is 6.10. The fourth-order valence-corrected chi connectivity index (χ4v) is 2.28. The number of fused-ring (bicyclic) bond motifs is 1. The largest absolute Gasteiger partial charge is 0.454 e. The molecule has 0 radical (unpaired) electrons. The van der Waals surface area contributed by atoms with E-state index < -0.39 is 0 Å². The summed E-state index contributed by atoms with van der Waals surface area (Å²) in [6.45, 7) is 1.10. The molecule has 1 aliphatic rings. The Balaban J connectivity index is 1.60. The zero-order valence-electron chi connectivity index (χ0n) is 11.1. The molecular weight excluding hydrogens is 290 g/mol. The highest BCUT2D eigenvalue weighted by Gasteiger charge is 2.13. The molecule has 0 aromatic heterocycles. The van der Waals surface area contributed by atoms with Crippen LogP contribution in [0.25, 0.3) is 0 Å². The summed E-state index contributed by atoms with van der Waals surface area (Å²) < 4.78 is 16.2. The van der Waals surface area contributed by atoms with E-state index in [2.05, 4.69) is 0 Å². The molecule has 106 valence electrons. The van der Waals surface area contributed by atoms with Gasteiger partial charge in [-0.05, 0) is 35.4 Å². The van der Waals surface area contributed by atoms with Crippen LogP contribution < -0.4 is 9.47 Å². The lowest BCUT2D eigenvalue weighted by Gasteiger charge is -2.07. The quantitative estimate of drug-likeness (QED) is 0.865. The lowest BCUT2D eigenvalue weighted by Crippen LogP contribution is -1.95. The summed E-state index contributed by atoms with van der Waals surface area (Å²) in [7, 11) is 0. The molecule has 2 aromatic rings. The number of nitrogens with zero attached hydrogens (tertiary/aromatic N) is 1. The van der Waals surface area contributed by atoms with Gasteiger partial charge in [-0.3, -0.25) is 0 Å². The van der Waals surface area contributed by atoms with Crippen molar-refractivity contribution in [3.63, 3.8) is 0 Å². The van der Waals surface area contributed by atoms with Crippen molar-refractivity contribution in [1.82, 2.24) is 0 Å². The van der Waals surface area contributed by atoms with Crippen LogP contribution in [0.4, 0.5) is 0 Å². The maximum absolute atomic E-state index is 8.79.